The van der Waals surface area contributed by atoms with Gasteiger partial charge in [-0.2, -0.15) is 0 Å². The van der Waals surface area contributed by atoms with Crippen LogP contribution in [0.4, 0.5) is 0 Å². The molecule has 0 aromatic heterocycles. The highest BCUT2D eigenvalue weighted by Crippen LogP contribution is 2.12. The number of hydrogen-bond acceptors (Lipinski definition) is 3. The lowest BCUT2D eigenvalue weighted by molar-refractivity contribution is -0.133. The first-order valence-corrected chi connectivity index (χ1v) is 6.67. The van der Waals surface area contributed by atoms with Gasteiger partial charge in [0.25, 0.3) is 0 Å². The zero-order valence-electron chi connectivity index (χ0n) is 11.7. The van der Waals surface area contributed by atoms with E-state index in [0.29, 0.717) is 13.0 Å². The van der Waals surface area contributed by atoms with E-state index in [9.17, 15) is 14.4 Å². The minimum Gasteiger partial charge on any atom is -0.369 e. The van der Waals surface area contributed by atoms with Crippen LogP contribution >= 0.6 is 0 Å². The van der Waals surface area contributed by atoms with Crippen LogP contribution in [0.15, 0.2) is 0 Å². The minimum absolute atomic E-state index is 0.122. The van der Waals surface area contributed by atoms with Gasteiger partial charge in [0.05, 0.1) is 5.41 Å². The Morgan fingerprint density at radius 3 is 2.63 bits per heavy atom. The molecule has 3 amide bonds. The predicted molar refractivity (Wildman–Crippen MR) is 71.0 cm³/mol. The normalized spacial score (nSPS) is 16.3. The maximum atomic E-state index is 11.7. The van der Waals surface area contributed by atoms with E-state index in [4.69, 9.17) is 5.73 Å². The van der Waals surface area contributed by atoms with Crippen LogP contribution in [0.5, 0.6) is 0 Å². The molecule has 0 saturated carbocycles. The van der Waals surface area contributed by atoms with E-state index in [1.165, 1.54) is 0 Å². The van der Waals surface area contributed by atoms with Crippen molar-refractivity contribution in [3.63, 3.8) is 0 Å². The van der Waals surface area contributed by atoms with Gasteiger partial charge < -0.3 is 16.0 Å². The van der Waals surface area contributed by atoms with E-state index in [1.807, 2.05) is 0 Å². The van der Waals surface area contributed by atoms with Crippen LogP contribution in [-0.4, -0.2) is 42.3 Å². The molecule has 6 nitrogen and oxygen atoms in total. The van der Waals surface area contributed by atoms with Crippen LogP contribution in [0.3, 0.4) is 0 Å². The second kappa shape index (κ2) is 6.54. The number of carbonyl (C=O) groups is 3. The third-order valence-electron chi connectivity index (χ3n) is 3.42. The summed E-state index contributed by atoms with van der Waals surface area (Å²) in [6, 6.07) is 0. The van der Waals surface area contributed by atoms with Crippen LogP contribution in [0.2, 0.25) is 0 Å². The molecule has 1 heterocycles. The minimum atomic E-state index is -0.753. The Hall–Kier alpha value is -1.59. The standard InChI is InChI=1S/C13H23N3O3/c1-13(2,12(14)19)9-15-10(17)6-8-16-7-4-3-5-11(16)18/h3-9H2,1-2H3,(H2,14,19)(H,15,17). The molecule has 108 valence electrons. The van der Waals surface area contributed by atoms with Gasteiger partial charge in [-0.1, -0.05) is 0 Å². The Labute approximate surface area is 113 Å². The topological polar surface area (TPSA) is 92.5 Å². The Morgan fingerprint density at radius 1 is 1.37 bits per heavy atom. The van der Waals surface area contributed by atoms with Crippen molar-refractivity contribution < 1.29 is 14.4 Å². The molecule has 1 aliphatic rings. The molecule has 1 rings (SSSR count). The molecule has 1 fully saturated rings. The average molecular weight is 269 g/mol. The summed E-state index contributed by atoms with van der Waals surface area (Å²) in [7, 11) is 0. The van der Waals surface area contributed by atoms with Gasteiger partial charge in [0.2, 0.25) is 17.7 Å². The second-order valence-electron chi connectivity index (χ2n) is 5.61. The molecule has 0 atom stereocenters. The van der Waals surface area contributed by atoms with Crippen molar-refractivity contribution in [2.75, 3.05) is 19.6 Å². The summed E-state index contributed by atoms with van der Waals surface area (Å²) in [6.07, 6.45) is 2.79. The van der Waals surface area contributed by atoms with Crippen LogP contribution < -0.4 is 11.1 Å². The molecule has 0 bridgehead atoms. The summed E-state index contributed by atoms with van der Waals surface area (Å²) >= 11 is 0. The highest BCUT2D eigenvalue weighted by atomic mass is 16.2. The van der Waals surface area contributed by atoms with Gasteiger partial charge >= 0.3 is 0 Å². The summed E-state index contributed by atoms with van der Waals surface area (Å²) in [4.78, 5) is 36.0. The smallest absolute Gasteiger partial charge is 0.224 e. The molecule has 19 heavy (non-hydrogen) atoms. The predicted octanol–water partition coefficient (Wildman–Crippen LogP) is 0.0167. The number of primary amides is 1. The molecule has 0 aromatic carbocycles. The van der Waals surface area contributed by atoms with Crippen molar-refractivity contribution in [1.29, 1.82) is 0 Å². The van der Waals surface area contributed by atoms with E-state index < -0.39 is 11.3 Å². The highest BCUT2D eigenvalue weighted by Gasteiger charge is 2.25. The summed E-state index contributed by atoms with van der Waals surface area (Å²) in [5, 5.41) is 2.68. The third kappa shape index (κ3) is 4.89. The number of piperidine rings is 1. The molecule has 0 spiro atoms. The molecular weight excluding hydrogens is 246 g/mol. The summed E-state index contributed by atoms with van der Waals surface area (Å²) in [6.45, 7) is 4.77. The van der Waals surface area contributed by atoms with E-state index in [-0.39, 0.29) is 24.8 Å². The van der Waals surface area contributed by atoms with Gasteiger partial charge in [-0.15, -0.1) is 0 Å². The molecule has 0 radical (unpaired) electrons. The number of hydrogen-bond donors (Lipinski definition) is 2. The monoisotopic (exact) mass is 269 g/mol. The fourth-order valence-electron chi connectivity index (χ4n) is 1.83. The van der Waals surface area contributed by atoms with Crippen LogP contribution in [0.1, 0.15) is 39.5 Å². The third-order valence-corrected chi connectivity index (χ3v) is 3.42. The number of nitrogens with one attached hydrogen (secondary N) is 1. The van der Waals surface area contributed by atoms with E-state index in [0.717, 1.165) is 19.4 Å². The molecule has 1 aliphatic heterocycles. The van der Waals surface area contributed by atoms with Gasteiger partial charge in [-0.25, -0.2) is 0 Å². The van der Waals surface area contributed by atoms with Gasteiger partial charge in [-0.3, -0.25) is 14.4 Å². The van der Waals surface area contributed by atoms with Crippen LogP contribution in [-0.2, 0) is 14.4 Å². The highest BCUT2D eigenvalue weighted by molar-refractivity contribution is 5.82. The zero-order valence-corrected chi connectivity index (χ0v) is 11.7. The van der Waals surface area contributed by atoms with Gasteiger partial charge in [0.15, 0.2) is 0 Å². The fourth-order valence-corrected chi connectivity index (χ4v) is 1.83. The quantitative estimate of drug-likeness (QED) is 0.711. The molecular formula is C13H23N3O3. The molecule has 3 N–H and O–H groups in total. The number of rotatable bonds is 6. The summed E-state index contributed by atoms with van der Waals surface area (Å²) in [5.74, 6) is -0.483. The summed E-state index contributed by atoms with van der Waals surface area (Å²) in [5.41, 5.74) is 4.47. The molecule has 0 unspecified atom stereocenters. The van der Waals surface area contributed by atoms with Crippen molar-refractivity contribution in [2.24, 2.45) is 11.1 Å². The van der Waals surface area contributed by atoms with Gasteiger partial charge in [-0.05, 0) is 26.7 Å². The molecule has 0 aliphatic carbocycles. The maximum absolute atomic E-state index is 11.7. The van der Waals surface area contributed by atoms with Crippen LogP contribution in [0.25, 0.3) is 0 Å². The molecule has 6 heteroatoms. The Kier molecular flexibility index (Phi) is 5.32. The van der Waals surface area contributed by atoms with E-state index in [2.05, 4.69) is 5.32 Å². The number of likely N-dealkylation sites (tertiary alicyclic amines) is 1. The van der Waals surface area contributed by atoms with Gasteiger partial charge in [0, 0.05) is 32.5 Å². The molecule has 0 aromatic rings. The summed E-state index contributed by atoms with van der Waals surface area (Å²) < 4.78 is 0. The molecule has 1 saturated heterocycles. The Balaban J connectivity index is 2.28. The van der Waals surface area contributed by atoms with Crippen molar-refractivity contribution in [1.82, 2.24) is 10.2 Å². The lowest BCUT2D eigenvalue weighted by Gasteiger charge is -2.26. The van der Waals surface area contributed by atoms with Crippen molar-refractivity contribution in [3.05, 3.63) is 0 Å². The number of nitrogens with zero attached hydrogens (tertiary/aromatic N) is 1. The SMILES string of the molecule is CC(C)(CNC(=O)CCN1CCCCC1=O)C(N)=O. The number of amides is 3. The van der Waals surface area contributed by atoms with E-state index >= 15 is 0 Å². The first-order valence-electron chi connectivity index (χ1n) is 6.67. The van der Waals surface area contributed by atoms with Crippen molar-refractivity contribution >= 4 is 17.7 Å². The maximum Gasteiger partial charge on any atom is 0.224 e. The van der Waals surface area contributed by atoms with Crippen molar-refractivity contribution in [3.8, 4) is 0 Å². The Bertz CT molecular complexity index is 366. The largest absolute Gasteiger partial charge is 0.369 e. The zero-order chi connectivity index (χ0) is 14.5. The first-order chi connectivity index (χ1) is 8.83. The first kappa shape index (κ1) is 15.5. The second-order valence-corrected chi connectivity index (χ2v) is 5.61. The number of carbonyl (C=O) groups excluding carboxylic acids is 3. The van der Waals surface area contributed by atoms with Crippen molar-refractivity contribution in [2.45, 2.75) is 39.5 Å². The lowest BCUT2D eigenvalue weighted by atomic mass is 9.93. The van der Waals surface area contributed by atoms with E-state index in [1.54, 1.807) is 18.7 Å². The Morgan fingerprint density at radius 2 is 2.05 bits per heavy atom. The lowest BCUT2D eigenvalue weighted by Crippen LogP contribution is -2.43. The van der Waals surface area contributed by atoms with Gasteiger partial charge in [0.1, 0.15) is 0 Å². The van der Waals surface area contributed by atoms with Crippen LogP contribution in [0, 0.1) is 5.41 Å². The number of nitrogens with two attached hydrogens (primary N) is 1. The average Bonchev–Trinajstić information content (AvgIpc) is 2.35. The fraction of sp³-hybridized carbons (Fsp3) is 0.769.